The molecular formula is C18H17ClF2N2O2S. The molecule has 0 aliphatic carbocycles. The van der Waals surface area contributed by atoms with Crippen molar-refractivity contribution in [2.75, 3.05) is 17.3 Å². The number of thioether (sulfide) groups is 1. The minimum atomic E-state index is -1.07. The first-order chi connectivity index (χ1) is 12.4. The Hall–Kier alpha value is -2.12. The van der Waals surface area contributed by atoms with Gasteiger partial charge in [-0.15, -0.1) is 0 Å². The maximum absolute atomic E-state index is 13.3. The molecule has 2 rings (SSSR count). The minimum absolute atomic E-state index is 0.107. The summed E-state index contributed by atoms with van der Waals surface area (Å²) in [5.41, 5.74) is 0.360. The number of hydrogen-bond acceptors (Lipinski definition) is 3. The zero-order valence-corrected chi connectivity index (χ0v) is 15.5. The van der Waals surface area contributed by atoms with Crippen molar-refractivity contribution in [1.82, 2.24) is 5.32 Å². The number of hydrogen-bond donors (Lipinski definition) is 2. The third-order valence-electron chi connectivity index (χ3n) is 3.54. The molecule has 0 aromatic heterocycles. The SMILES string of the molecule is CSCCC(NC(=O)c1ccccc1Cl)C(=O)Nc1ccc(F)c(F)c1. The predicted molar refractivity (Wildman–Crippen MR) is 101 cm³/mol. The third-order valence-corrected chi connectivity index (χ3v) is 4.51. The van der Waals surface area contributed by atoms with E-state index in [0.29, 0.717) is 12.2 Å². The molecule has 2 N–H and O–H groups in total. The Balaban J connectivity index is 2.12. The molecule has 1 atom stereocenters. The first-order valence-corrected chi connectivity index (χ1v) is 9.49. The minimum Gasteiger partial charge on any atom is -0.340 e. The van der Waals surface area contributed by atoms with Crippen LogP contribution in [-0.4, -0.2) is 29.9 Å². The molecule has 138 valence electrons. The maximum atomic E-state index is 13.3. The smallest absolute Gasteiger partial charge is 0.253 e. The molecule has 1 unspecified atom stereocenters. The highest BCUT2D eigenvalue weighted by molar-refractivity contribution is 7.98. The molecular weight excluding hydrogens is 382 g/mol. The summed E-state index contributed by atoms with van der Waals surface area (Å²) in [6, 6.07) is 8.70. The quantitative estimate of drug-likeness (QED) is 0.738. The van der Waals surface area contributed by atoms with Gasteiger partial charge in [0.2, 0.25) is 5.91 Å². The Kier molecular flexibility index (Phi) is 7.41. The summed E-state index contributed by atoms with van der Waals surface area (Å²) in [6.45, 7) is 0. The molecule has 0 aliphatic rings. The van der Waals surface area contributed by atoms with Gasteiger partial charge < -0.3 is 10.6 Å². The monoisotopic (exact) mass is 398 g/mol. The lowest BCUT2D eigenvalue weighted by Gasteiger charge is -2.18. The van der Waals surface area contributed by atoms with Gasteiger partial charge in [-0.25, -0.2) is 8.78 Å². The second-order valence-electron chi connectivity index (χ2n) is 5.41. The van der Waals surface area contributed by atoms with Crippen molar-refractivity contribution in [2.45, 2.75) is 12.5 Å². The predicted octanol–water partition coefficient (Wildman–Crippen LogP) is 4.11. The van der Waals surface area contributed by atoms with Gasteiger partial charge >= 0.3 is 0 Å². The fourth-order valence-corrected chi connectivity index (χ4v) is 2.88. The van der Waals surface area contributed by atoms with Gasteiger partial charge in [-0.2, -0.15) is 11.8 Å². The molecule has 8 heteroatoms. The Morgan fingerprint density at radius 2 is 1.88 bits per heavy atom. The van der Waals surface area contributed by atoms with Crippen LogP contribution in [0.5, 0.6) is 0 Å². The molecule has 2 amide bonds. The molecule has 0 heterocycles. The second-order valence-corrected chi connectivity index (χ2v) is 6.80. The van der Waals surface area contributed by atoms with E-state index in [4.69, 9.17) is 11.6 Å². The van der Waals surface area contributed by atoms with Crippen molar-refractivity contribution < 1.29 is 18.4 Å². The van der Waals surface area contributed by atoms with Crippen LogP contribution in [0.1, 0.15) is 16.8 Å². The molecule has 2 aromatic carbocycles. The molecule has 0 radical (unpaired) electrons. The van der Waals surface area contributed by atoms with Gasteiger partial charge in [0, 0.05) is 11.8 Å². The van der Waals surface area contributed by atoms with Crippen molar-refractivity contribution >= 4 is 40.9 Å². The van der Waals surface area contributed by atoms with Crippen molar-refractivity contribution in [1.29, 1.82) is 0 Å². The number of halogens is 3. The number of amides is 2. The van der Waals surface area contributed by atoms with Crippen LogP contribution in [0.15, 0.2) is 42.5 Å². The average Bonchev–Trinajstić information content (AvgIpc) is 2.61. The molecule has 0 spiro atoms. The molecule has 0 aliphatic heterocycles. The highest BCUT2D eigenvalue weighted by atomic mass is 35.5. The van der Waals surface area contributed by atoms with Crippen LogP contribution in [0.3, 0.4) is 0 Å². The molecule has 0 saturated heterocycles. The lowest BCUT2D eigenvalue weighted by molar-refractivity contribution is -0.118. The first kappa shape index (κ1) is 20.2. The molecule has 4 nitrogen and oxygen atoms in total. The summed E-state index contributed by atoms with van der Waals surface area (Å²) in [4.78, 5) is 24.9. The zero-order chi connectivity index (χ0) is 19.1. The first-order valence-electron chi connectivity index (χ1n) is 7.72. The molecule has 2 aromatic rings. The largest absolute Gasteiger partial charge is 0.340 e. The maximum Gasteiger partial charge on any atom is 0.253 e. The fourth-order valence-electron chi connectivity index (χ4n) is 2.19. The van der Waals surface area contributed by atoms with E-state index in [0.717, 1.165) is 12.1 Å². The Morgan fingerprint density at radius 3 is 2.54 bits per heavy atom. The van der Waals surface area contributed by atoms with Gasteiger partial charge in [0.25, 0.3) is 5.91 Å². The Labute approximate surface area is 159 Å². The fraction of sp³-hybridized carbons (Fsp3) is 0.222. The summed E-state index contributed by atoms with van der Waals surface area (Å²) < 4.78 is 26.3. The van der Waals surface area contributed by atoms with Crippen LogP contribution in [-0.2, 0) is 4.79 Å². The van der Waals surface area contributed by atoms with E-state index >= 15 is 0 Å². The standard InChI is InChI=1S/C18H17ClF2N2O2S/c1-26-9-8-16(23-17(24)12-4-2-3-5-13(12)19)18(25)22-11-6-7-14(20)15(21)10-11/h2-7,10,16H,8-9H2,1H3,(H,22,25)(H,23,24). The lowest BCUT2D eigenvalue weighted by Crippen LogP contribution is -2.44. The lowest BCUT2D eigenvalue weighted by atomic mass is 10.1. The normalized spacial score (nSPS) is 11.7. The number of carbonyl (C=O) groups excluding carboxylic acids is 2. The van der Waals surface area contributed by atoms with Gasteiger partial charge in [0.1, 0.15) is 6.04 Å². The van der Waals surface area contributed by atoms with Crippen LogP contribution in [0, 0.1) is 11.6 Å². The van der Waals surface area contributed by atoms with Gasteiger partial charge in [-0.1, -0.05) is 23.7 Å². The van der Waals surface area contributed by atoms with Crippen molar-refractivity contribution in [2.24, 2.45) is 0 Å². The van der Waals surface area contributed by atoms with E-state index in [1.54, 1.807) is 24.3 Å². The van der Waals surface area contributed by atoms with Crippen LogP contribution in [0.25, 0.3) is 0 Å². The number of benzene rings is 2. The molecule has 0 bridgehead atoms. The molecule has 0 fully saturated rings. The average molecular weight is 399 g/mol. The molecule has 26 heavy (non-hydrogen) atoms. The zero-order valence-electron chi connectivity index (χ0n) is 13.9. The summed E-state index contributed by atoms with van der Waals surface area (Å²) in [6.07, 6.45) is 2.24. The molecule has 0 saturated carbocycles. The van der Waals surface area contributed by atoms with E-state index in [9.17, 15) is 18.4 Å². The third kappa shape index (κ3) is 5.44. The van der Waals surface area contributed by atoms with E-state index in [-0.39, 0.29) is 16.3 Å². The summed E-state index contributed by atoms with van der Waals surface area (Å²) in [5.74, 6) is -2.45. The Bertz CT molecular complexity index is 805. The van der Waals surface area contributed by atoms with E-state index in [1.165, 1.54) is 17.8 Å². The second kappa shape index (κ2) is 9.54. The Morgan fingerprint density at radius 1 is 1.15 bits per heavy atom. The number of nitrogens with one attached hydrogen (secondary N) is 2. The van der Waals surface area contributed by atoms with E-state index in [1.807, 2.05) is 6.26 Å². The summed E-state index contributed by atoms with van der Waals surface area (Å²) >= 11 is 7.52. The van der Waals surface area contributed by atoms with Crippen molar-refractivity contribution in [3.63, 3.8) is 0 Å². The number of carbonyl (C=O) groups is 2. The number of rotatable bonds is 7. The van der Waals surface area contributed by atoms with Gasteiger partial charge in [0.05, 0.1) is 10.6 Å². The van der Waals surface area contributed by atoms with Gasteiger partial charge in [-0.05, 0) is 42.7 Å². The van der Waals surface area contributed by atoms with E-state index in [2.05, 4.69) is 10.6 Å². The van der Waals surface area contributed by atoms with E-state index < -0.39 is 29.5 Å². The van der Waals surface area contributed by atoms with Gasteiger partial charge in [-0.3, -0.25) is 9.59 Å². The van der Waals surface area contributed by atoms with Crippen LogP contribution in [0.4, 0.5) is 14.5 Å². The highest BCUT2D eigenvalue weighted by Gasteiger charge is 2.22. The summed E-state index contributed by atoms with van der Waals surface area (Å²) in [5, 5.41) is 5.40. The van der Waals surface area contributed by atoms with Gasteiger partial charge in [0.15, 0.2) is 11.6 Å². The van der Waals surface area contributed by atoms with Crippen molar-refractivity contribution in [3.05, 3.63) is 64.7 Å². The topological polar surface area (TPSA) is 58.2 Å². The number of anilines is 1. The van der Waals surface area contributed by atoms with Crippen molar-refractivity contribution in [3.8, 4) is 0 Å². The van der Waals surface area contributed by atoms with Crippen LogP contribution < -0.4 is 10.6 Å². The summed E-state index contributed by atoms with van der Waals surface area (Å²) in [7, 11) is 0. The van der Waals surface area contributed by atoms with Crippen LogP contribution >= 0.6 is 23.4 Å². The van der Waals surface area contributed by atoms with Crippen LogP contribution in [0.2, 0.25) is 5.02 Å². The highest BCUT2D eigenvalue weighted by Crippen LogP contribution is 2.17.